The lowest BCUT2D eigenvalue weighted by Gasteiger charge is -2.14. The minimum Gasteiger partial charge on any atom is -0.310 e. The van der Waals surface area contributed by atoms with E-state index in [0.29, 0.717) is 6.04 Å². The third-order valence-electron chi connectivity index (χ3n) is 2.94. The molecule has 0 fully saturated rings. The number of hydrogen-bond donors (Lipinski definition) is 1. The number of benzene rings is 1. The molecule has 0 aromatic heterocycles. The first-order valence-electron chi connectivity index (χ1n) is 6.00. The minimum absolute atomic E-state index is 0.125. The summed E-state index contributed by atoms with van der Waals surface area (Å²) in [6.07, 6.45) is 2.31. The van der Waals surface area contributed by atoms with Crippen molar-refractivity contribution in [2.24, 2.45) is 0 Å². The van der Waals surface area contributed by atoms with Gasteiger partial charge < -0.3 is 5.32 Å². The Bertz CT molecular complexity index is 325. The second-order valence-electron chi connectivity index (χ2n) is 4.15. The summed E-state index contributed by atoms with van der Waals surface area (Å²) in [7, 11) is 0. The van der Waals surface area contributed by atoms with Crippen LogP contribution < -0.4 is 5.32 Å². The molecule has 0 bridgehead atoms. The second-order valence-corrected chi connectivity index (χ2v) is 4.15. The Labute approximate surface area is 98.1 Å². The van der Waals surface area contributed by atoms with Crippen LogP contribution in [0.2, 0.25) is 0 Å². The highest BCUT2D eigenvalue weighted by Crippen LogP contribution is 2.06. The molecule has 1 aromatic carbocycles. The quantitative estimate of drug-likeness (QED) is 0.745. The van der Waals surface area contributed by atoms with Crippen LogP contribution in [0.1, 0.15) is 49.5 Å². The Hall–Kier alpha value is -1.15. The topological polar surface area (TPSA) is 29.1 Å². The predicted octanol–water partition coefficient (Wildman–Crippen LogP) is 3.17. The van der Waals surface area contributed by atoms with Gasteiger partial charge in [0.1, 0.15) is 0 Å². The van der Waals surface area contributed by atoms with Crippen molar-refractivity contribution in [3.63, 3.8) is 0 Å². The third kappa shape index (κ3) is 3.78. The van der Waals surface area contributed by atoms with Crippen LogP contribution in [0, 0.1) is 0 Å². The number of ketones is 1. The molecular weight excluding hydrogens is 198 g/mol. The third-order valence-corrected chi connectivity index (χ3v) is 2.94. The number of hydrogen-bond acceptors (Lipinski definition) is 2. The maximum atomic E-state index is 11.1. The zero-order valence-corrected chi connectivity index (χ0v) is 10.4. The van der Waals surface area contributed by atoms with Crippen molar-refractivity contribution < 1.29 is 4.79 Å². The average molecular weight is 219 g/mol. The minimum atomic E-state index is 0.125. The molecule has 0 aliphatic rings. The SMILES string of the molecule is CCC(CC)NCc1ccc(C(C)=O)cc1. The number of rotatable bonds is 6. The second kappa shape index (κ2) is 6.44. The lowest BCUT2D eigenvalue weighted by atomic mass is 10.1. The van der Waals surface area contributed by atoms with E-state index in [1.54, 1.807) is 6.92 Å². The predicted molar refractivity (Wildman–Crippen MR) is 67.7 cm³/mol. The van der Waals surface area contributed by atoms with E-state index in [-0.39, 0.29) is 5.78 Å². The van der Waals surface area contributed by atoms with Gasteiger partial charge in [-0.2, -0.15) is 0 Å². The van der Waals surface area contributed by atoms with Crippen LogP contribution in [-0.2, 0) is 6.54 Å². The van der Waals surface area contributed by atoms with Gasteiger partial charge in [-0.1, -0.05) is 38.1 Å². The summed E-state index contributed by atoms with van der Waals surface area (Å²) in [5.41, 5.74) is 2.02. The number of carbonyl (C=O) groups is 1. The van der Waals surface area contributed by atoms with Crippen LogP contribution in [-0.4, -0.2) is 11.8 Å². The van der Waals surface area contributed by atoms with E-state index in [4.69, 9.17) is 0 Å². The molecule has 0 saturated carbocycles. The lowest BCUT2D eigenvalue weighted by molar-refractivity contribution is 0.101. The fourth-order valence-corrected chi connectivity index (χ4v) is 1.70. The van der Waals surface area contributed by atoms with Gasteiger partial charge in [0.05, 0.1) is 0 Å². The Balaban J connectivity index is 2.52. The highest BCUT2D eigenvalue weighted by atomic mass is 16.1. The molecule has 0 unspecified atom stereocenters. The van der Waals surface area contributed by atoms with E-state index in [0.717, 1.165) is 24.9 Å². The maximum absolute atomic E-state index is 11.1. The van der Waals surface area contributed by atoms with Crippen LogP contribution >= 0.6 is 0 Å². The summed E-state index contributed by atoms with van der Waals surface area (Å²) < 4.78 is 0. The molecule has 0 heterocycles. The van der Waals surface area contributed by atoms with Crippen molar-refractivity contribution in [3.05, 3.63) is 35.4 Å². The molecule has 0 saturated heterocycles. The summed E-state index contributed by atoms with van der Waals surface area (Å²) in [4.78, 5) is 11.1. The van der Waals surface area contributed by atoms with E-state index >= 15 is 0 Å². The summed E-state index contributed by atoms with van der Waals surface area (Å²) in [5.74, 6) is 0.125. The molecule has 0 radical (unpaired) electrons. The van der Waals surface area contributed by atoms with Gasteiger partial charge in [0, 0.05) is 18.2 Å². The van der Waals surface area contributed by atoms with Crippen molar-refractivity contribution in [1.29, 1.82) is 0 Å². The van der Waals surface area contributed by atoms with Crippen molar-refractivity contribution in [3.8, 4) is 0 Å². The van der Waals surface area contributed by atoms with Crippen molar-refractivity contribution in [2.45, 2.75) is 46.2 Å². The van der Waals surface area contributed by atoms with Gasteiger partial charge in [0.15, 0.2) is 5.78 Å². The molecule has 2 heteroatoms. The maximum Gasteiger partial charge on any atom is 0.159 e. The lowest BCUT2D eigenvalue weighted by Crippen LogP contribution is -2.26. The zero-order valence-electron chi connectivity index (χ0n) is 10.4. The monoisotopic (exact) mass is 219 g/mol. The van der Waals surface area contributed by atoms with E-state index in [1.165, 1.54) is 5.56 Å². The summed E-state index contributed by atoms with van der Waals surface area (Å²) >= 11 is 0. The van der Waals surface area contributed by atoms with Crippen LogP contribution in [0.15, 0.2) is 24.3 Å². The van der Waals surface area contributed by atoms with E-state index in [2.05, 4.69) is 19.2 Å². The molecule has 1 N–H and O–H groups in total. The van der Waals surface area contributed by atoms with Gasteiger partial charge in [0.25, 0.3) is 0 Å². The highest BCUT2D eigenvalue weighted by molar-refractivity contribution is 5.93. The average Bonchev–Trinajstić information content (AvgIpc) is 2.31. The molecule has 2 nitrogen and oxygen atoms in total. The molecular formula is C14H21NO. The van der Waals surface area contributed by atoms with Crippen LogP contribution in [0.25, 0.3) is 0 Å². The molecule has 1 rings (SSSR count). The van der Waals surface area contributed by atoms with Gasteiger partial charge in [-0.05, 0) is 25.3 Å². The van der Waals surface area contributed by atoms with Crippen molar-refractivity contribution in [2.75, 3.05) is 0 Å². The fourth-order valence-electron chi connectivity index (χ4n) is 1.70. The van der Waals surface area contributed by atoms with E-state index < -0.39 is 0 Å². The molecule has 0 amide bonds. The molecule has 1 aromatic rings. The van der Waals surface area contributed by atoms with Gasteiger partial charge in [0.2, 0.25) is 0 Å². The first-order valence-corrected chi connectivity index (χ1v) is 6.00. The van der Waals surface area contributed by atoms with Crippen LogP contribution in [0.4, 0.5) is 0 Å². The number of Topliss-reactive ketones (excluding diaryl/α,β-unsaturated/α-hetero) is 1. The summed E-state index contributed by atoms with van der Waals surface area (Å²) in [6, 6.07) is 8.42. The first kappa shape index (κ1) is 12.9. The molecule has 16 heavy (non-hydrogen) atoms. The van der Waals surface area contributed by atoms with Crippen LogP contribution in [0.5, 0.6) is 0 Å². The van der Waals surface area contributed by atoms with E-state index in [1.807, 2.05) is 24.3 Å². The number of nitrogens with one attached hydrogen (secondary N) is 1. The summed E-state index contributed by atoms with van der Waals surface area (Å²) in [5, 5.41) is 3.50. The Morgan fingerprint density at radius 2 is 1.75 bits per heavy atom. The largest absolute Gasteiger partial charge is 0.310 e. The van der Waals surface area contributed by atoms with Gasteiger partial charge in [-0.15, -0.1) is 0 Å². The van der Waals surface area contributed by atoms with E-state index in [9.17, 15) is 4.79 Å². The molecule has 88 valence electrons. The van der Waals surface area contributed by atoms with Crippen molar-refractivity contribution >= 4 is 5.78 Å². The molecule has 0 spiro atoms. The zero-order chi connectivity index (χ0) is 12.0. The van der Waals surface area contributed by atoms with Gasteiger partial charge >= 0.3 is 0 Å². The van der Waals surface area contributed by atoms with Gasteiger partial charge in [-0.25, -0.2) is 0 Å². The Morgan fingerprint density at radius 3 is 2.19 bits per heavy atom. The van der Waals surface area contributed by atoms with Crippen molar-refractivity contribution in [1.82, 2.24) is 5.32 Å². The molecule has 0 aliphatic carbocycles. The molecule has 0 aliphatic heterocycles. The smallest absolute Gasteiger partial charge is 0.159 e. The molecule has 0 atom stereocenters. The number of carbonyl (C=O) groups excluding carboxylic acids is 1. The normalized spacial score (nSPS) is 10.8. The van der Waals surface area contributed by atoms with Gasteiger partial charge in [-0.3, -0.25) is 4.79 Å². The highest BCUT2D eigenvalue weighted by Gasteiger charge is 2.03. The van der Waals surface area contributed by atoms with Crippen LogP contribution in [0.3, 0.4) is 0 Å². The fraction of sp³-hybridized carbons (Fsp3) is 0.500. The Kier molecular flexibility index (Phi) is 5.20. The standard InChI is InChI=1S/C14H21NO/c1-4-14(5-2)15-10-12-6-8-13(9-7-12)11(3)16/h6-9,14-15H,4-5,10H2,1-3H3. The summed E-state index contributed by atoms with van der Waals surface area (Å²) in [6.45, 7) is 6.86. The Morgan fingerprint density at radius 1 is 1.19 bits per heavy atom. The first-order chi connectivity index (χ1) is 7.67.